The van der Waals surface area contributed by atoms with Crippen LogP contribution in [0.3, 0.4) is 0 Å². The number of ether oxygens (including phenoxy) is 1. The van der Waals surface area contributed by atoms with E-state index in [2.05, 4.69) is 10.6 Å². The van der Waals surface area contributed by atoms with E-state index < -0.39 is 23.8 Å². The molecule has 4 rings (SSSR count). The summed E-state index contributed by atoms with van der Waals surface area (Å²) in [5, 5.41) is 5.51. The van der Waals surface area contributed by atoms with Gasteiger partial charge in [0.25, 0.3) is 5.91 Å². The molecule has 0 saturated heterocycles. The van der Waals surface area contributed by atoms with Gasteiger partial charge in [-0.1, -0.05) is 60.7 Å². The number of benzene rings is 3. The number of nitrogens with one attached hydrogen (secondary N) is 2. The van der Waals surface area contributed by atoms with Gasteiger partial charge in [0.1, 0.15) is 6.04 Å². The molecule has 0 unspecified atom stereocenters. The van der Waals surface area contributed by atoms with Crippen LogP contribution < -0.4 is 10.6 Å². The minimum Gasteiger partial charge on any atom is -0.467 e. The highest BCUT2D eigenvalue weighted by atomic mass is 16.5. The van der Waals surface area contributed by atoms with Crippen molar-refractivity contribution in [1.82, 2.24) is 5.32 Å². The molecule has 0 aliphatic heterocycles. The van der Waals surface area contributed by atoms with Crippen LogP contribution in [0.5, 0.6) is 0 Å². The molecule has 31 heavy (non-hydrogen) atoms. The molecule has 0 spiro atoms. The van der Waals surface area contributed by atoms with Crippen LogP contribution in [0.25, 0.3) is 11.1 Å². The maximum atomic E-state index is 13.2. The van der Waals surface area contributed by atoms with Crippen LogP contribution >= 0.6 is 0 Å². The van der Waals surface area contributed by atoms with Gasteiger partial charge in [-0.3, -0.25) is 9.59 Å². The Morgan fingerprint density at radius 1 is 0.839 bits per heavy atom. The van der Waals surface area contributed by atoms with E-state index in [9.17, 15) is 14.4 Å². The lowest BCUT2D eigenvalue weighted by atomic mass is 9.89. The molecule has 0 radical (unpaired) electrons. The number of hydrogen-bond donors (Lipinski definition) is 2. The van der Waals surface area contributed by atoms with Crippen molar-refractivity contribution in [2.24, 2.45) is 0 Å². The van der Waals surface area contributed by atoms with Crippen LogP contribution in [0.4, 0.5) is 5.69 Å². The Morgan fingerprint density at radius 2 is 1.39 bits per heavy atom. The summed E-state index contributed by atoms with van der Waals surface area (Å²) in [4.78, 5) is 37.6. The van der Waals surface area contributed by atoms with E-state index >= 15 is 0 Å². The van der Waals surface area contributed by atoms with Gasteiger partial charge in [-0.2, -0.15) is 0 Å². The molecule has 0 aromatic heterocycles. The summed E-state index contributed by atoms with van der Waals surface area (Å²) in [6.45, 7) is 1.37. The molecule has 2 amide bonds. The molecule has 0 fully saturated rings. The number of hydrogen-bond acceptors (Lipinski definition) is 4. The Bertz CT molecular complexity index is 1130. The average molecular weight is 414 g/mol. The third kappa shape index (κ3) is 3.80. The maximum Gasteiger partial charge on any atom is 0.329 e. The third-order valence-corrected chi connectivity index (χ3v) is 5.44. The van der Waals surface area contributed by atoms with Gasteiger partial charge < -0.3 is 15.4 Å². The van der Waals surface area contributed by atoms with Crippen LogP contribution in [0, 0.1) is 0 Å². The Hall–Kier alpha value is -3.93. The number of carbonyl (C=O) groups is 3. The first-order valence-electron chi connectivity index (χ1n) is 9.94. The fraction of sp³-hybridized carbons (Fsp3) is 0.160. The number of fused-ring (bicyclic) bond motifs is 3. The largest absolute Gasteiger partial charge is 0.467 e. The van der Waals surface area contributed by atoms with E-state index in [1.807, 2.05) is 48.5 Å². The molecule has 1 aliphatic carbocycles. The second-order valence-electron chi connectivity index (χ2n) is 7.35. The summed E-state index contributed by atoms with van der Waals surface area (Å²) >= 11 is 0. The summed E-state index contributed by atoms with van der Waals surface area (Å²) in [5.74, 6) is -1.69. The van der Waals surface area contributed by atoms with Crippen molar-refractivity contribution >= 4 is 23.5 Å². The van der Waals surface area contributed by atoms with Crippen LogP contribution in [0.1, 0.15) is 34.3 Å². The molecular weight excluding hydrogens is 392 g/mol. The molecular formula is C25H22N2O4. The van der Waals surface area contributed by atoms with Crippen LogP contribution in [0.2, 0.25) is 0 Å². The maximum absolute atomic E-state index is 13.2. The summed E-state index contributed by atoms with van der Waals surface area (Å²) in [7, 11) is 1.31. The molecule has 6 heteroatoms. The first-order valence-corrected chi connectivity index (χ1v) is 9.94. The van der Waals surface area contributed by atoms with Gasteiger partial charge >= 0.3 is 5.97 Å². The van der Waals surface area contributed by atoms with Crippen LogP contribution in [-0.2, 0) is 14.3 Å². The van der Waals surface area contributed by atoms with Gasteiger partial charge in [0.2, 0.25) is 5.91 Å². The SMILES string of the molecule is COC(=O)[C@H](NC(=O)c1ccccc1NC(C)=O)C1c2ccccc2-c2ccccc21. The Balaban J connectivity index is 1.74. The molecule has 1 atom stereocenters. The van der Waals surface area contributed by atoms with Gasteiger partial charge in [0.05, 0.1) is 18.4 Å². The fourth-order valence-electron chi connectivity index (χ4n) is 4.16. The first-order chi connectivity index (χ1) is 15.0. The highest BCUT2D eigenvalue weighted by Gasteiger charge is 2.39. The van der Waals surface area contributed by atoms with Gasteiger partial charge in [-0.05, 0) is 34.4 Å². The predicted molar refractivity (Wildman–Crippen MR) is 118 cm³/mol. The molecule has 0 bridgehead atoms. The smallest absolute Gasteiger partial charge is 0.329 e. The zero-order chi connectivity index (χ0) is 22.0. The Morgan fingerprint density at radius 3 is 1.97 bits per heavy atom. The first kappa shape index (κ1) is 20.3. The van der Waals surface area contributed by atoms with Crippen molar-refractivity contribution in [2.45, 2.75) is 18.9 Å². The number of esters is 1. The number of carbonyl (C=O) groups excluding carboxylic acids is 3. The minimum atomic E-state index is -0.937. The minimum absolute atomic E-state index is 0.270. The van der Waals surface area contributed by atoms with Gasteiger partial charge in [-0.25, -0.2) is 4.79 Å². The van der Waals surface area contributed by atoms with E-state index in [0.717, 1.165) is 22.3 Å². The Labute approximate surface area is 180 Å². The topological polar surface area (TPSA) is 84.5 Å². The number of amides is 2. The predicted octanol–water partition coefficient (Wildman–Crippen LogP) is 3.73. The van der Waals surface area contributed by atoms with Gasteiger partial charge in [-0.15, -0.1) is 0 Å². The normalized spacial score (nSPS) is 13.0. The number of methoxy groups -OCH3 is 1. The van der Waals surface area contributed by atoms with Gasteiger partial charge in [0, 0.05) is 12.8 Å². The number of para-hydroxylation sites is 1. The molecule has 3 aromatic carbocycles. The lowest BCUT2D eigenvalue weighted by molar-refractivity contribution is -0.143. The summed E-state index contributed by atoms with van der Waals surface area (Å²) in [6, 6.07) is 21.4. The highest BCUT2D eigenvalue weighted by molar-refractivity contribution is 6.05. The second kappa shape index (κ2) is 8.44. The number of rotatable bonds is 5. The van der Waals surface area contributed by atoms with E-state index in [1.54, 1.807) is 24.3 Å². The molecule has 6 nitrogen and oxygen atoms in total. The van der Waals surface area contributed by atoms with Crippen molar-refractivity contribution in [1.29, 1.82) is 0 Å². The van der Waals surface area contributed by atoms with Gasteiger partial charge in [0.15, 0.2) is 0 Å². The van der Waals surface area contributed by atoms with Crippen molar-refractivity contribution in [2.75, 3.05) is 12.4 Å². The number of anilines is 1. The molecule has 1 aliphatic rings. The molecule has 0 saturated carbocycles. The van der Waals surface area contributed by atoms with Crippen molar-refractivity contribution in [3.8, 4) is 11.1 Å². The molecule has 3 aromatic rings. The fourth-order valence-corrected chi connectivity index (χ4v) is 4.16. The van der Waals surface area contributed by atoms with E-state index in [4.69, 9.17) is 4.74 Å². The van der Waals surface area contributed by atoms with Crippen LogP contribution in [0.15, 0.2) is 72.8 Å². The van der Waals surface area contributed by atoms with Crippen molar-refractivity contribution < 1.29 is 19.1 Å². The van der Waals surface area contributed by atoms with E-state index in [0.29, 0.717) is 5.69 Å². The standard InChI is InChI=1S/C25H22N2O4/c1-15(28)26-21-14-8-7-13-20(21)24(29)27-23(25(30)31-2)22-18-11-5-3-9-16(18)17-10-4-6-12-19(17)22/h3-14,22-23H,1-2H3,(H,26,28)(H,27,29)/t23-/m1/s1. The summed E-state index contributed by atoms with van der Waals surface area (Å²) in [5.41, 5.74) is 4.62. The monoisotopic (exact) mass is 414 g/mol. The zero-order valence-electron chi connectivity index (χ0n) is 17.2. The zero-order valence-corrected chi connectivity index (χ0v) is 17.2. The second-order valence-corrected chi connectivity index (χ2v) is 7.35. The van der Waals surface area contributed by atoms with Crippen molar-refractivity contribution in [3.05, 3.63) is 89.5 Å². The summed E-state index contributed by atoms with van der Waals surface area (Å²) < 4.78 is 5.06. The van der Waals surface area contributed by atoms with E-state index in [1.165, 1.54) is 14.0 Å². The molecule has 156 valence electrons. The van der Waals surface area contributed by atoms with Crippen LogP contribution in [-0.4, -0.2) is 30.9 Å². The summed E-state index contributed by atoms with van der Waals surface area (Å²) in [6.07, 6.45) is 0. The quantitative estimate of drug-likeness (QED) is 0.623. The lowest BCUT2D eigenvalue weighted by Crippen LogP contribution is -2.45. The van der Waals surface area contributed by atoms with E-state index in [-0.39, 0.29) is 11.5 Å². The lowest BCUT2D eigenvalue weighted by Gasteiger charge is -2.25. The Kier molecular flexibility index (Phi) is 5.54. The average Bonchev–Trinajstić information content (AvgIpc) is 3.11. The molecule has 0 heterocycles. The molecule has 2 N–H and O–H groups in total. The van der Waals surface area contributed by atoms with Crippen molar-refractivity contribution in [3.63, 3.8) is 0 Å². The third-order valence-electron chi connectivity index (χ3n) is 5.44. The highest BCUT2D eigenvalue weighted by Crippen LogP contribution is 2.46.